The zero-order valence-electron chi connectivity index (χ0n) is 15.6. The molecular weight excluding hydrogens is 342 g/mol. The molecule has 1 atom stereocenters. The third kappa shape index (κ3) is 3.66. The standard InChI is InChI=1S/C21H23N3O3/c1-25-18-11-16-17(12-19(18)26-2)23-20(14-7-4-3-5-8-14)24-21(16)22-13-15-9-6-10-27-15/h3-5,7-8,11-12,15H,6,9-10,13H2,1-2H3,(H,22,23,24)/t15-/m0/s1. The van der Waals surface area contributed by atoms with Gasteiger partial charge in [-0.1, -0.05) is 30.3 Å². The SMILES string of the molecule is COc1cc2nc(-c3ccccc3)nc(NC[C@@H]3CCCO3)c2cc1OC. The van der Waals surface area contributed by atoms with Crippen LogP contribution in [0.5, 0.6) is 11.5 Å². The van der Waals surface area contributed by atoms with Crippen LogP contribution in [0.1, 0.15) is 12.8 Å². The topological polar surface area (TPSA) is 65.5 Å². The van der Waals surface area contributed by atoms with Gasteiger partial charge in [-0.05, 0) is 18.9 Å². The summed E-state index contributed by atoms with van der Waals surface area (Å²) in [6.07, 6.45) is 2.39. The maximum absolute atomic E-state index is 5.73. The van der Waals surface area contributed by atoms with E-state index in [9.17, 15) is 0 Å². The van der Waals surface area contributed by atoms with Crippen molar-refractivity contribution >= 4 is 16.7 Å². The van der Waals surface area contributed by atoms with Crippen molar-refractivity contribution in [1.29, 1.82) is 0 Å². The minimum atomic E-state index is 0.218. The Labute approximate surface area is 158 Å². The molecule has 0 bridgehead atoms. The van der Waals surface area contributed by atoms with E-state index in [2.05, 4.69) is 5.32 Å². The molecule has 140 valence electrons. The first kappa shape index (κ1) is 17.5. The summed E-state index contributed by atoms with van der Waals surface area (Å²) < 4.78 is 16.6. The minimum Gasteiger partial charge on any atom is -0.493 e. The Morgan fingerprint density at radius 3 is 2.56 bits per heavy atom. The Balaban J connectivity index is 1.80. The van der Waals surface area contributed by atoms with Crippen LogP contribution in [0.4, 0.5) is 5.82 Å². The second-order valence-corrected chi connectivity index (χ2v) is 6.50. The van der Waals surface area contributed by atoms with Crippen LogP contribution in [0.3, 0.4) is 0 Å². The molecule has 1 N–H and O–H groups in total. The van der Waals surface area contributed by atoms with E-state index < -0.39 is 0 Å². The zero-order valence-corrected chi connectivity index (χ0v) is 15.6. The van der Waals surface area contributed by atoms with Gasteiger partial charge < -0.3 is 19.5 Å². The number of hydrogen-bond donors (Lipinski definition) is 1. The number of nitrogens with one attached hydrogen (secondary N) is 1. The molecule has 0 aliphatic carbocycles. The lowest BCUT2D eigenvalue weighted by Crippen LogP contribution is -2.19. The van der Waals surface area contributed by atoms with Crippen LogP contribution >= 0.6 is 0 Å². The molecule has 4 rings (SSSR count). The first-order chi connectivity index (χ1) is 13.3. The number of anilines is 1. The highest BCUT2D eigenvalue weighted by atomic mass is 16.5. The van der Waals surface area contributed by atoms with E-state index in [4.69, 9.17) is 24.2 Å². The second-order valence-electron chi connectivity index (χ2n) is 6.50. The fraction of sp³-hybridized carbons (Fsp3) is 0.333. The van der Waals surface area contributed by atoms with E-state index in [1.54, 1.807) is 14.2 Å². The van der Waals surface area contributed by atoms with Crippen LogP contribution in [-0.4, -0.2) is 43.4 Å². The lowest BCUT2D eigenvalue weighted by atomic mass is 10.1. The largest absolute Gasteiger partial charge is 0.493 e. The maximum Gasteiger partial charge on any atom is 0.162 e. The van der Waals surface area contributed by atoms with Crippen molar-refractivity contribution in [3.8, 4) is 22.9 Å². The molecule has 1 aliphatic rings. The molecule has 1 aromatic heterocycles. The molecule has 1 aliphatic heterocycles. The van der Waals surface area contributed by atoms with Crippen molar-refractivity contribution in [2.45, 2.75) is 18.9 Å². The van der Waals surface area contributed by atoms with Gasteiger partial charge in [0.25, 0.3) is 0 Å². The predicted molar refractivity (Wildman–Crippen MR) is 106 cm³/mol. The molecule has 0 saturated carbocycles. The average Bonchev–Trinajstić information content (AvgIpc) is 3.25. The summed E-state index contributed by atoms with van der Waals surface area (Å²) in [6.45, 7) is 1.55. The van der Waals surface area contributed by atoms with E-state index in [0.29, 0.717) is 23.9 Å². The number of methoxy groups -OCH3 is 2. The summed E-state index contributed by atoms with van der Waals surface area (Å²) in [5.41, 5.74) is 1.77. The monoisotopic (exact) mass is 365 g/mol. The van der Waals surface area contributed by atoms with Crippen LogP contribution in [0.25, 0.3) is 22.3 Å². The van der Waals surface area contributed by atoms with Gasteiger partial charge in [0.05, 0.1) is 25.8 Å². The van der Waals surface area contributed by atoms with Crippen LogP contribution in [0, 0.1) is 0 Å². The van der Waals surface area contributed by atoms with Crippen molar-refractivity contribution in [3.05, 3.63) is 42.5 Å². The predicted octanol–water partition coefficient (Wildman–Crippen LogP) is 3.90. The van der Waals surface area contributed by atoms with Crippen LogP contribution in [-0.2, 0) is 4.74 Å². The Morgan fingerprint density at radius 1 is 1.07 bits per heavy atom. The van der Waals surface area contributed by atoms with Crippen molar-refractivity contribution in [3.63, 3.8) is 0 Å². The Bertz CT molecular complexity index is 925. The molecule has 6 nitrogen and oxygen atoms in total. The zero-order chi connectivity index (χ0) is 18.6. The molecule has 2 heterocycles. The van der Waals surface area contributed by atoms with Crippen LogP contribution < -0.4 is 14.8 Å². The van der Waals surface area contributed by atoms with Crippen molar-refractivity contribution < 1.29 is 14.2 Å². The molecule has 0 radical (unpaired) electrons. The summed E-state index contributed by atoms with van der Waals surface area (Å²) in [5.74, 6) is 2.74. The molecule has 2 aromatic carbocycles. The van der Waals surface area contributed by atoms with Gasteiger partial charge in [-0.15, -0.1) is 0 Å². The van der Waals surface area contributed by atoms with E-state index in [1.165, 1.54) is 0 Å². The van der Waals surface area contributed by atoms with E-state index in [1.807, 2.05) is 42.5 Å². The number of ether oxygens (including phenoxy) is 3. The van der Waals surface area contributed by atoms with Gasteiger partial charge in [0.15, 0.2) is 17.3 Å². The van der Waals surface area contributed by atoms with Crippen LogP contribution in [0.2, 0.25) is 0 Å². The molecule has 0 unspecified atom stereocenters. The third-order valence-electron chi connectivity index (χ3n) is 4.75. The number of nitrogens with zero attached hydrogens (tertiary/aromatic N) is 2. The summed E-state index contributed by atoms with van der Waals surface area (Å²) in [4.78, 5) is 9.54. The van der Waals surface area contributed by atoms with Gasteiger partial charge in [0, 0.05) is 30.2 Å². The molecule has 0 amide bonds. The quantitative estimate of drug-likeness (QED) is 0.715. The lowest BCUT2D eigenvalue weighted by molar-refractivity contribution is 0.120. The van der Waals surface area contributed by atoms with E-state index in [0.717, 1.165) is 41.7 Å². The smallest absolute Gasteiger partial charge is 0.162 e. The Morgan fingerprint density at radius 2 is 1.85 bits per heavy atom. The molecule has 3 aromatic rings. The van der Waals surface area contributed by atoms with Crippen molar-refractivity contribution in [2.24, 2.45) is 0 Å². The summed E-state index contributed by atoms with van der Waals surface area (Å²) >= 11 is 0. The summed E-state index contributed by atoms with van der Waals surface area (Å²) in [7, 11) is 3.25. The first-order valence-corrected chi connectivity index (χ1v) is 9.13. The fourth-order valence-corrected chi connectivity index (χ4v) is 3.32. The van der Waals surface area contributed by atoms with Gasteiger partial charge >= 0.3 is 0 Å². The number of aromatic nitrogens is 2. The highest BCUT2D eigenvalue weighted by molar-refractivity contribution is 5.93. The van der Waals surface area contributed by atoms with Gasteiger partial charge in [-0.25, -0.2) is 9.97 Å². The van der Waals surface area contributed by atoms with Gasteiger partial charge in [-0.2, -0.15) is 0 Å². The van der Waals surface area contributed by atoms with Crippen molar-refractivity contribution in [1.82, 2.24) is 9.97 Å². The lowest BCUT2D eigenvalue weighted by Gasteiger charge is -2.16. The molecule has 27 heavy (non-hydrogen) atoms. The summed E-state index contributed by atoms with van der Waals surface area (Å²) in [6, 6.07) is 13.8. The highest BCUT2D eigenvalue weighted by Crippen LogP contribution is 2.35. The number of hydrogen-bond acceptors (Lipinski definition) is 6. The van der Waals surface area contributed by atoms with E-state index in [-0.39, 0.29) is 6.10 Å². The van der Waals surface area contributed by atoms with E-state index >= 15 is 0 Å². The molecule has 6 heteroatoms. The normalized spacial score (nSPS) is 16.4. The molecule has 0 spiro atoms. The molecular formula is C21H23N3O3. The minimum absolute atomic E-state index is 0.218. The number of fused-ring (bicyclic) bond motifs is 1. The Hall–Kier alpha value is -2.86. The third-order valence-corrected chi connectivity index (χ3v) is 4.75. The van der Waals surface area contributed by atoms with Gasteiger partial charge in [0.1, 0.15) is 5.82 Å². The number of benzene rings is 2. The van der Waals surface area contributed by atoms with Crippen LogP contribution in [0.15, 0.2) is 42.5 Å². The van der Waals surface area contributed by atoms with Gasteiger partial charge in [0.2, 0.25) is 0 Å². The molecule has 1 saturated heterocycles. The summed E-state index contributed by atoms with van der Waals surface area (Å²) in [5, 5.41) is 4.35. The highest BCUT2D eigenvalue weighted by Gasteiger charge is 2.18. The average molecular weight is 365 g/mol. The first-order valence-electron chi connectivity index (χ1n) is 9.13. The fourth-order valence-electron chi connectivity index (χ4n) is 3.32. The molecule has 1 fully saturated rings. The maximum atomic E-state index is 5.73. The van der Waals surface area contributed by atoms with Crippen molar-refractivity contribution in [2.75, 3.05) is 32.7 Å². The van der Waals surface area contributed by atoms with Gasteiger partial charge in [-0.3, -0.25) is 0 Å². The number of rotatable bonds is 6. The Kier molecular flexibility index (Phi) is 5.07. The second kappa shape index (κ2) is 7.80.